The highest BCUT2D eigenvalue weighted by Crippen LogP contribution is 1.83. The summed E-state index contributed by atoms with van der Waals surface area (Å²) in [5, 5.41) is 13.6. The second-order valence-electron chi connectivity index (χ2n) is 1.76. The van der Waals surface area contributed by atoms with Crippen LogP contribution >= 0.6 is 0 Å². The van der Waals surface area contributed by atoms with Crippen LogP contribution in [0, 0.1) is 0 Å². The zero-order valence-corrected chi connectivity index (χ0v) is 6.22. The van der Waals surface area contributed by atoms with Crippen molar-refractivity contribution >= 4 is 11.6 Å². The van der Waals surface area contributed by atoms with E-state index in [4.69, 9.17) is 5.21 Å². The van der Waals surface area contributed by atoms with Gasteiger partial charge in [0.1, 0.15) is 5.71 Å². The van der Waals surface area contributed by atoms with E-state index < -0.39 is 0 Å². The molecule has 0 aromatic rings. The topological polar surface area (TPSA) is 61.7 Å². The van der Waals surface area contributed by atoms with Crippen molar-refractivity contribution in [3.05, 3.63) is 0 Å². The van der Waals surface area contributed by atoms with Crippen LogP contribution in [0.15, 0.2) is 5.16 Å². The van der Waals surface area contributed by atoms with E-state index in [1.54, 1.807) is 6.92 Å². The molecule has 0 bridgehead atoms. The first-order chi connectivity index (χ1) is 4.76. The Kier molecular flexibility index (Phi) is 4.28. The molecule has 0 aromatic carbocycles. The Hall–Kier alpha value is -1.06. The Morgan fingerprint density at radius 3 is 2.50 bits per heavy atom. The maximum atomic E-state index is 10.8. The number of hydrogen-bond acceptors (Lipinski definition) is 3. The van der Waals surface area contributed by atoms with E-state index in [2.05, 4.69) is 10.5 Å². The van der Waals surface area contributed by atoms with Crippen LogP contribution in [0.2, 0.25) is 0 Å². The Bertz CT molecular complexity index is 143. The highest BCUT2D eigenvalue weighted by molar-refractivity contribution is 6.38. The smallest absolute Gasteiger partial charge is 0.269 e. The fourth-order valence-corrected chi connectivity index (χ4v) is 0.539. The lowest BCUT2D eigenvalue weighted by atomic mass is 10.3. The van der Waals surface area contributed by atoms with E-state index >= 15 is 0 Å². The summed E-state index contributed by atoms with van der Waals surface area (Å²) in [6.45, 7) is 4.12. The lowest BCUT2D eigenvalue weighted by molar-refractivity contribution is -0.114. The first-order valence-electron chi connectivity index (χ1n) is 3.25. The number of nitrogens with one attached hydrogen (secondary N) is 1. The monoisotopic (exact) mass is 144 g/mol. The Morgan fingerprint density at radius 2 is 2.20 bits per heavy atom. The minimum Gasteiger partial charge on any atom is -0.410 e. The molecule has 0 fully saturated rings. The van der Waals surface area contributed by atoms with Crippen LogP contribution < -0.4 is 5.32 Å². The molecule has 4 nitrogen and oxygen atoms in total. The fraction of sp³-hybridized carbons (Fsp3) is 0.667. The molecule has 0 aliphatic carbocycles. The molecule has 2 N–H and O–H groups in total. The summed E-state index contributed by atoms with van der Waals surface area (Å²) in [5.74, 6) is -0.299. The molecule has 4 heteroatoms. The molecule has 10 heavy (non-hydrogen) atoms. The van der Waals surface area contributed by atoms with Gasteiger partial charge in [-0.2, -0.15) is 0 Å². The minimum absolute atomic E-state index is 0.168. The zero-order valence-electron chi connectivity index (χ0n) is 6.22. The van der Waals surface area contributed by atoms with Gasteiger partial charge in [-0.15, -0.1) is 0 Å². The van der Waals surface area contributed by atoms with Crippen LogP contribution in [0.25, 0.3) is 0 Å². The second-order valence-corrected chi connectivity index (χ2v) is 1.76. The molecule has 0 saturated carbocycles. The number of oxime groups is 1. The molecule has 0 aliphatic rings. The predicted molar refractivity (Wildman–Crippen MR) is 38.2 cm³/mol. The van der Waals surface area contributed by atoms with Crippen LogP contribution in [0.1, 0.15) is 20.3 Å². The summed E-state index contributed by atoms with van der Waals surface area (Å²) < 4.78 is 0. The van der Waals surface area contributed by atoms with Crippen LogP contribution in [0.4, 0.5) is 0 Å². The van der Waals surface area contributed by atoms with Crippen molar-refractivity contribution < 1.29 is 10.0 Å². The van der Waals surface area contributed by atoms with E-state index in [1.165, 1.54) is 0 Å². The maximum Gasteiger partial charge on any atom is 0.269 e. The summed E-state index contributed by atoms with van der Waals surface area (Å²) in [6, 6.07) is 0. The second kappa shape index (κ2) is 4.78. The first kappa shape index (κ1) is 8.94. The lowest BCUT2D eigenvalue weighted by Crippen LogP contribution is -2.30. The SMILES string of the molecule is CCNC(=O)/C(CC)=N/O. The van der Waals surface area contributed by atoms with Gasteiger partial charge in [-0.25, -0.2) is 0 Å². The number of rotatable bonds is 3. The van der Waals surface area contributed by atoms with Crippen LogP contribution in [0.5, 0.6) is 0 Å². The highest BCUT2D eigenvalue weighted by Gasteiger charge is 2.06. The average Bonchev–Trinajstić information content (AvgIpc) is 1.91. The molecule has 0 spiro atoms. The largest absolute Gasteiger partial charge is 0.410 e. The molecule has 58 valence electrons. The summed E-state index contributed by atoms with van der Waals surface area (Å²) in [7, 11) is 0. The van der Waals surface area contributed by atoms with Crippen LogP contribution in [-0.2, 0) is 4.79 Å². The van der Waals surface area contributed by atoms with E-state index in [0.29, 0.717) is 13.0 Å². The number of carbonyl (C=O) groups is 1. The Morgan fingerprint density at radius 1 is 1.60 bits per heavy atom. The average molecular weight is 144 g/mol. The zero-order chi connectivity index (χ0) is 7.98. The van der Waals surface area contributed by atoms with Crippen molar-refractivity contribution in [3.8, 4) is 0 Å². The third-order valence-corrected chi connectivity index (χ3v) is 1.06. The molecule has 0 aromatic heterocycles. The molecule has 0 heterocycles. The van der Waals surface area contributed by atoms with Crippen molar-refractivity contribution in [2.24, 2.45) is 5.16 Å². The normalized spacial score (nSPS) is 11.2. The first-order valence-corrected chi connectivity index (χ1v) is 3.25. The highest BCUT2D eigenvalue weighted by atomic mass is 16.4. The third-order valence-electron chi connectivity index (χ3n) is 1.06. The molecule has 0 radical (unpaired) electrons. The maximum absolute atomic E-state index is 10.8. The quantitative estimate of drug-likeness (QED) is 0.341. The molecule has 0 aliphatic heterocycles. The lowest BCUT2D eigenvalue weighted by Gasteiger charge is -1.99. The summed E-state index contributed by atoms with van der Waals surface area (Å²) in [6.07, 6.45) is 0.447. The minimum atomic E-state index is -0.299. The van der Waals surface area contributed by atoms with E-state index in [9.17, 15) is 4.79 Å². The van der Waals surface area contributed by atoms with Crippen molar-refractivity contribution in [2.75, 3.05) is 6.54 Å². The van der Waals surface area contributed by atoms with Gasteiger partial charge in [-0.3, -0.25) is 4.79 Å². The van der Waals surface area contributed by atoms with Gasteiger partial charge < -0.3 is 10.5 Å². The van der Waals surface area contributed by atoms with Crippen molar-refractivity contribution in [1.82, 2.24) is 5.32 Å². The number of nitrogens with zero attached hydrogens (tertiary/aromatic N) is 1. The van der Waals surface area contributed by atoms with Gasteiger partial charge in [0.15, 0.2) is 0 Å². The summed E-state index contributed by atoms with van der Waals surface area (Å²) >= 11 is 0. The molecule has 0 saturated heterocycles. The van der Waals surface area contributed by atoms with Gasteiger partial charge in [0.25, 0.3) is 5.91 Å². The van der Waals surface area contributed by atoms with E-state index in [1.807, 2.05) is 6.92 Å². The van der Waals surface area contributed by atoms with Gasteiger partial charge in [0.05, 0.1) is 0 Å². The predicted octanol–water partition coefficient (Wildman–Crippen LogP) is 0.363. The number of hydrogen-bond donors (Lipinski definition) is 2. The number of carbonyl (C=O) groups excluding carboxylic acids is 1. The van der Waals surface area contributed by atoms with Crippen molar-refractivity contribution in [1.29, 1.82) is 0 Å². The molecule has 0 unspecified atom stereocenters. The van der Waals surface area contributed by atoms with Crippen LogP contribution in [0.3, 0.4) is 0 Å². The Labute approximate surface area is 59.9 Å². The van der Waals surface area contributed by atoms with Gasteiger partial charge in [0.2, 0.25) is 0 Å². The third kappa shape index (κ3) is 2.48. The molecular weight excluding hydrogens is 132 g/mol. The van der Waals surface area contributed by atoms with Gasteiger partial charge >= 0.3 is 0 Å². The van der Waals surface area contributed by atoms with Crippen LogP contribution in [-0.4, -0.2) is 23.4 Å². The Balaban J connectivity index is 3.91. The van der Waals surface area contributed by atoms with Crippen molar-refractivity contribution in [2.45, 2.75) is 20.3 Å². The van der Waals surface area contributed by atoms with Gasteiger partial charge in [-0.1, -0.05) is 12.1 Å². The number of amides is 1. The molecule has 0 rings (SSSR count). The molecule has 0 atom stereocenters. The fourth-order valence-electron chi connectivity index (χ4n) is 0.539. The molecule has 1 amide bonds. The summed E-state index contributed by atoms with van der Waals surface area (Å²) in [4.78, 5) is 10.8. The van der Waals surface area contributed by atoms with E-state index in [-0.39, 0.29) is 11.6 Å². The molecular formula is C6H12N2O2. The van der Waals surface area contributed by atoms with Gasteiger partial charge in [-0.05, 0) is 13.3 Å². The van der Waals surface area contributed by atoms with E-state index in [0.717, 1.165) is 0 Å². The standard InChI is InChI=1S/C6H12N2O2/c1-3-5(8-10)6(9)7-4-2/h10H,3-4H2,1-2H3,(H,7,9)/b8-5+. The van der Waals surface area contributed by atoms with Crippen molar-refractivity contribution in [3.63, 3.8) is 0 Å². The summed E-state index contributed by atoms with van der Waals surface area (Å²) in [5.41, 5.74) is 0.168. The van der Waals surface area contributed by atoms with Gasteiger partial charge in [0, 0.05) is 6.54 Å².